The predicted molar refractivity (Wildman–Crippen MR) is 60.7 cm³/mol. The third-order valence-corrected chi connectivity index (χ3v) is 2.24. The molecule has 1 unspecified atom stereocenters. The lowest BCUT2D eigenvalue weighted by Crippen LogP contribution is -2.23. The molecule has 0 heterocycles. The van der Waals surface area contributed by atoms with E-state index in [0.717, 1.165) is 0 Å². The number of carbonyl (C=O) groups excluding carboxylic acids is 1. The van der Waals surface area contributed by atoms with Crippen LogP contribution in [0.1, 0.15) is 18.5 Å². The van der Waals surface area contributed by atoms with E-state index < -0.39 is 35.0 Å². The molecule has 0 spiro atoms. The highest BCUT2D eigenvalue weighted by Gasteiger charge is 2.19. The van der Waals surface area contributed by atoms with Crippen LogP contribution in [-0.2, 0) is 14.3 Å². The van der Waals surface area contributed by atoms with E-state index in [-0.39, 0.29) is 19.8 Å². The van der Waals surface area contributed by atoms with Gasteiger partial charge in [0.1, 0.15) is 24.1 Å². The molecule has 0 saturated heterocycles. The highest BCUT2D eigenvalue weighted by molar-refractivity contribution is 5.70. The maximum Gasteiger partial charge on any atom is 0.332 e. The summed E-state index contributed by atoms with van der Waals surface area (Å²) in [4.78, 5) is 11.0. The summed E-state index contributed by atoms with van der Waals surface area (Å²) in [7, 11) is 0. The van der Waals surface area contributed by atoms with Gasteiger partial charge in [-0.05, 0) is 6.92 Å². The molecule has 0 aliphatic rings. The van der Waals surface area contributed by atoms with E-state index in [1.54, 1.807) is 6.92 Å². The number of hydrogen-bond acceptors (Lipinski definition) is 4. The fraction of sp³-hybridized carbons (Fsp3) is 0.417. The van der Waals surface area contributed by atoms with Crippen LogP contribution >= 0.6 is 0 Å². The Bertz CT molecular complexity index is 431. The molecule has 0 aromatic heterocycles. The molecule has 0 saturated carbocycles. The fourth-order valence-corrected chi connectivity index (χ4v) is 1.46. The van der Waals surface area contributed by atoms with Gasteiger partial charge in [-0.15, -0.1) is 0 Å². The van der Waals surface area contributed by atoms with Gasteiger partial charge in [-0.25, -0.2) is 18.0 Å². The van der Waals surface area contributed by atoms with Crippen molar-refractivity contribution >= 4 is 5.97 Å². The second kappa shape index (κ2) is 7.10. The summed E-state index contributed by atoms with van der Waals surface area (Å²) in [6.07, 6.45) is 0. The van der Waals surface area contributed by atoms with Gasteiger partial charge in [0.05, 0.1) is 19.3 Å². The molecule has 0 fully saturated rings. The van der Waals surface area contributed by atoms with Gasteiger partial charge in [-0.3, -0.25) is 0 Å². The number of nitrogens with two attached hydrogens (primary N) is 1. The normalized spacial score (nSPS) is 12.3. The van der Waals surface area contributed by atoms with Crippen molar-refractivity contribution in [1.29, 1.82) is 0 Å². The SMILES string of the molecule is CCOC(=O)COCC(N)c1c(F)cc(F)cc1F. The van der Waals surface area contributed by atoms with Gasteiger partial charge in [-0.2, -0.15) is 0 Å². The molecule has 7 heteroatoms. The van der Waals surface area contributed by atoms with Crippen molar-refractivity contribution in [3.8, 4) is 0 Å². The summed E-state index contributed by atoms with van der Waals surface area (Å²) < 4.78 is 48.9. The molecule has 1 rings (SSSR count). The Balaban J connectivity index is 2.59. The topological polar surface area (TPSA) is 61.5 Å². The van der Waals surface area contributed by atoms with Crippen LogP contribution in [0.4, 0.5) is 13.2 Å². The first-order chi connectivity index (χ1) is 8.95. The highest BCUT2D eigenvalue weighted by Crippen LogP contribution is 2.20. The Morgan fingerprint density at radius 1 is 1.32 bits per heavy atom. The average Bonchev–Trinajstić information content (AvgIpc) is 2.27. The van der Waals surface area contributed by atoms with Gasteiger partial charge in [0, 0.05) is 17.7 Å². The average molecular weight is 277 g/mol. The van der Waals surface area contributed by atoms with E-state index in [4.69, 9.17) is 10.5 Å². The zero-order valence-corrected chi connectivity index (χ0v) is 10.3. The Labute approximate surface area is 108 Å². The van der Waals surface area contributed by atoms with Crippen LogP contribution in [-0.4, -0.2) is 25.8 Å². The monoisotopic (exact) mass is 277 g/mol. The number of esters is 1. The Morgan fingerprint density at radius 2 is 1.89 bits per heavy atom. The third kappa shape index (κ3) is 4.53. The second-order valence-corrected chi connectivity index (χ2v) is 3.71. The molecule has 106 valence electrons. The molecule has 19 heavy (non-hydrogen) atoms. The van der Waals surface area contributed by atoms with Crippen molar-refractivity contribution in [2.45, 2.75) is 13.0 Å². The van der Waals surface area contributed by atoms with Crippen molar-refractivity contribution in [2.75, 3.05) is 19.8 Å². The lowest BCUT2D eigenvalue weighted by atomic mass is 10.1. The van der Waals surface area contributed by atoms with E-state index in [0.29, 0.717) is 12.1 Å². The van der Waals surface area contributed by atoms with Crippen LogP contribution in [0, 0.1) is 17.5 Å². The van der Waals surface area contributed by atoms with Crippen LogP contribution in [0.5, 0.6) is 0 Å². The van der Waals surface area contributed by atoms with Gasteiger partial charge < -0.3 is 15.2 Å². The van der Waals surface area contributed by atoms with E-state index >= 15 is 0 Å². The van der Waals surface area contributed by atoms with E-state index in [1.807, 2.05) is 0 Å². The summed E-state index contributed by atoms with van der Waals surface area (Å²) in [6, 6.07) is -0.0808. The Hall–Kier alpha value is -1.60. The summed E-state index contributed by atoms with van der Waals surface area (Å²) in [6.45, 7) is 1.17. The third-order valence-electron chi connectivity index (χ3n) is 2.24. The van der Waals surface area contributed by atoms with Crippen molar-refractivity contribution in [2.24, 2.45) is 5.73 Å². The minimum absolute atomic E-state index is 0.204. The number of rotatable bonds is 6. The van der Waals surface area contributed by atoms with Crippen LogP contribution < -0.4 is 5.73 Å². The molecule has 0 aliphatic heterocycles. The molecule has 2 N–H and O–H groups in total. The number of hydrogen-bond donors (Lipinski definition) is 1. The van der Waals surface area contributed by atoms with Crippen LogP contribution in [0.2, 0.25) is 0 Å². The highest BCUT2D eigenvalue weighted by atomic mass is 19.1. The number of halogens is 3. The molecule has 1 atom stereocenters. The number of carbonyl (C=O) groups is 1. The van der Waals surface area contributed by atoms with Crippen molar-refractivity contribution in [1.82, 2.24) is 0 Å². The number of benzene rings is 1. The molecular formula is C12H14F3NO3. The van der Waals surface area contributed by atoms with Gasteiger partial charge in [0.2, 0.25) is 0 Å². The van der Waals surface area contributed by atoms with E-state index in [9.17, 15) is 18.0 Å². The summed E-state index contributed by atoms with van der Waals surface area (Å²) >= 11 is 0. The standard InChI is InChI=1S/C12H14F3NO3/c1-2-19-11(17)6-18-5-10(16)12-8(14)3-7(13)4-9(12)15/h3-4,10H,2,5-6,16H2,1H3. The largest absolute Gasteiger partial charge is 0.464 e. The molecule has 0 aliphatic carbocycles. The van der Waals surface area contributed by atoms with Crippen molar-refractivity contribution in [3.63, 3.8) is 0 Å². The van der Waals surface area contributed by atoms with Gasteiger partial charge >= 0.3 is 5.97 Å². The van der Waals surface area contributed by atoms with E-state index in [1.165, 1.54) is 0 Å². The van der Waals surface area contributed by atoms with Crippen LogP contribution in [0.25, 0.3) is 0 Å². The van der Waals surface area contributed by atoms with Crippen LogP contribution in [0.3, 0.4) is 0 Å². The minimum Gasteiger partial charge on any atom is -0.464 e. The lowest BCUT2D eigenvalue weighted by molar-refractivity contribution is -0.148. The summed E-state index contributed by atoms with van der Waals surface area (Å²) in [5.74, 6) is -3.82. The van der Waals surface area contributed by atoms with E-state index in [2.05, 4.69) is 4.74 Å². The molecule has 1 aromatic carbocycles. The molecule has 0 radical (unpaired) electrons. The first kappa shape index (κ1) is 15.5. The molecule has 0 amide bonds. The Kier molecular flexibility index (Phi) is 5.78. The maximum absolute atomic E-state index is 13.4. The first-order valence-electron chi connectivity index (χ1n) is 5.59. The lowest BCUT2D eigenvalue weighted by Gasteiger charge is -2.14. The molecule has 4 nitrogen and oxygen atoms in total. The summed E-state index contributed by atoms with van der Waals surface area (Å²) in [5.41, 5.74) is 5.05. The molecule has 0 bridgehead atoms. The Morgan fingerprint density at radius 3 is 2.42 bits per heavy atom. The van der Waals surface area contributed by atoms with Crippen molar-refractivity contribution < 1.29 is 27.4 Å². The van der Waals surface area contributed by atoms with Gasteiger partial charge in [-0.1, -0.05) is 0 Å². The predicted octanol–water partition coefficient (Wildman–Crippen LogP) is 1.68. The van der Waals surface area contributed by atoms with Crippen molar-refractivity contribution in [3.05, 3.63) is 35.1 Å². The maximum atomic E-state index is 13.4. The summed E-state index contributed by atoms with van der Waals surface area (Å²) in [5, 5.41) is 0. The fourth-order valence-electron chi connectivity index (χ4n) is 1.46. The van der Waals surface area contributed by atoms with Gasteiger partial charge in [0.25, 0.3) is 0 Å². The van der Waals surface area contributed by atoms with Gasteiger partial charge in [0.15, 0.2) is 0 Å². The smallest absolute Gasteiger partial charge is 0.332 e. The minimum atomic E-state index is -1.14. The zero-order chi connectivity index (χ0) is 14.4. The van der Waals surface area contributed by atoms with Crippen LogP contribution in [0.15, 0.2) is 12.1 Å². The zero-order valence-electron chi connectivity index (χ0n) is 10.3. The second-order valence-electron chi connectivity index (χ2n) is 3.71. The molecular weight excluding hydrogens is 263 g/mol. The molecule has 1 aromatic rings. The quantitative estimate of drug-likeness (QED) is 0.804. The number of ether oxygens (including phenoxy) is 2. The first-order valence-corrected chi connectivity index (χ1v) is 5.59.